The van der Waals surface area contributed by atoms with Gasteiger partial charge < -0.3 is 18.5 Å². The van der Waals surface area contributed by atoms with E-state index in [0.29, 0.717) is 0 Å². The van der Waals surface area contributed by atoms with Gasteiger partial charge in [0.1, 0.15) is 6.10 Å². The molecule has 0 radical (unpaired) electrons. The first-order chi connectivity index (χ1) is 15.5. The largest absolute Gasteiger partial charge is 0.458 e. The number of nitrogens with zero attached hydrogens (tertiary/aromatic N) is 3. The van der Waals surface area contributed by atoms with E-state index in [1.54, 1.807) is 14.2 Å². The average Bonchev–Trinajstić information content (AvgIpc) is 3.08. The van der Waals surface area contributed by atoms with Crippen molar-refractivity contribution in [3.63, 3.8) is 0 Å². The number of aromatic amines is 1. The van der Waals surface area contributed by atoms with Crippen LogP contribution in [0.25, 0.3) is 0 Å². The number of H-pyrrole nitrogens is 1. The van der Waals surface area contributed by atoms with E-state index in [1.807, 2.05) is 27.7 Å². The zero-order valence-electron chi connectivity index (χ0n) is 20.4. The van der Waals surface area contributed by atoms with Gasteiger partial charge in [-0.1, -0.05) is 0 Å². The minimum Gasteiger partial charge on any atom is -0.458 e. The number of ether oxygens (including phenoxy) is 2. The predicted octanol–water partition coefficient (Wildman–Crippen LogP) is 1.99. The Kier molecular flexibility index (Phi) is 9.18. The Morgan fingerprint density at radius 3 is 2.44 bits per heavy atom. The molecule has 0 spiro atoms. The summed E-state index contributed by atoms with van der Waals surface area (Å²) >= 11 is 5.31. The fourth-order valence-electron chi connectivity index (χ4n) is 3.35. The smallest absolute Gasteiger partial charge is 0.330 e. The molecule has 182 valence electrons. The second-order valence-electron chi connectivity index (χ2n) is 7.67. The molecule has 1 N–H and O–H groups in total. The molecule has 1 aliphatic heterocycles. The normalized spacial score (nSPS) is 24.8. The number of rotatable bonds is 9. The van der Waals surface area contributed by atoms with Crippen LogP contribution in [0.4, 0.5) is 0 Å². The van der Waals surface area contributed by atoms with Crippen LogP contribution in [-0.4, -0.2) is 76.1 Å². The van der Waals surface area contributed by atoms with Crippen molar-refractivity contribution in [3.05, 3.63) is 33.1 Å². The van der Waals surface area contributed by atoms with Crippen molar-refractivity contribution >= 4 is 25.9 Å². The topological polar surface area (TPSA) is 107 Å². The Morgan fingerprint density at radius 2 is 1.94 bits per heavy atom. The van der Waals surface area contributed by atoms with Gasteiger partial charge in [-0.3, -0.25) is 19.2 Å². The highest BCUT2D eigenvalue weighted by atomic mass is 32.1. The first kappa shape index (κ1) is 25.2. The molecule has 1 aromatic rings. The second-order valence-corrected chi connectivity index (χ2v) is 9.53. The molecule has 0 aliphatic carbocycles. The summed E-state index contributed by atoms with van der Waals surface area (Å²) in [5, 5.41) is 1.22. The van der Waals surface area contributed by atoms with Gasteiger partial charge in [0.25, 0.3) is 19.3 Å². The van der Waals surface area contributed by atoms with Crippen molar-refractivity contribution in [1.29, 1.82) is 0 Å². The van der Waals surface area contributed by atoms with E-state index >= 15 is 0 Å². The molecule has 1 aliphatic rings. The van der Waals surface area contributed by atoms with Crippen molar-refractivity contribution in [1.82, 2.24) is 19.3 Å². The average molecular weight is 494 g/mol. The summed E-state index contributed by atoms with van der Waals surface area (Å²) in [6.07, 6.45) is -2.20. The molecule has 0 amide bonds. The van der Waals surface area contributed by atoms with Crippen molar-refractivity contribution in [2.75, 3.05) is 21.3 Å². The zero-order valence-corrected chi connectivity index (χ0v) is 21.1. The lowest BCUT2D eigenvalue weighted by molar-refractivity contribution is -0.0830. The molecule has 1 aromatic heterocycles. The van der Waals surface area contributed by atoms with Crippen LogP contribution in [0.3, 0.4) is 0 Å². The van der Waals surface area contributed by atoms with E-state index in [1.165, 1.54) is 29.0 Å². The summed E-state index contributed by atoms with van der Waals surface area (Å²) in [4.78, 5) is 31.4. The summed E-state index contributed by atoms with van der Waals surface area (Å²) in [5.74, 6) is 0. The Labute approximate surface area is 195 Å². The molecule has 32 heavy (non-hydrogen) atoms. The molecule has 1 saturated heterocycles. The summed E-state index contributed by atoms with van der Waals surface area (Å²) < 4.78 is 35.4. The standard InChI is InChI=1S/C19H33N4O7PS/c1-11(2)23(12(3)4)31(27-8)30-15-13(5)28-17(16(15)29-19(32)21(6)26-7)22-10-9-14(24)20-18(22)25/h9-13,15-17H,1-8H3,(H,20,24,25)/t13-,15?,16+,17-,31?/m1/s1/i5D. The molecule has 2 rings (SSSR count). The van der Waals surface area contributed by atoms with Gasteiger partial charge >= 0.3 is 5.69 Å². The molecule has 0 aromatic carbocycles. The summed E-state index contributed by atoms with van der Waals surface area (Å²) in [6.45, 7) is 7.96. The first-order valence-electron chi connectivity index (χ1n) is 10.8. The van der Waals surface area contributed by atoms with Crippen LogP contribution in [0, 0.1) is 0 Å². The zero-order chi connectivity index (χ0) is 24.9. The van der Waals surface area contributed by atoms with E-state index < -0.39 is 44.3 Å². The molecule has 2 heterocycles. The maximum absolute atomic E-state index is 12.5. The Hall–Kier alpha value is -1.40. The van der Waals surface area contributed by atoms with Crippen LogP contribution >= 0.6 is 20.7 Å². The van der Waals surface area contributed by atoms with Crippen molar-refractivity contribution in [2.24, 2.45) is 0 Å². The van der Waals surface area contributed by atoms with E-state index in [4.69, 9.17) is 36.9 Å². The van der Waals surface area contributed by atoms with Gasteiger partial charge in [-0.2, -0.15) is 0 Å². The lowest BCUT2D eigenvalue weighted by Gasteiger charge is -2.37. The number of nitrogens with one attached hydrogen (secondary N) is 1. The predicted molar refractivity (Wildman–Crippen MR) is 124 cm³/mol. The lowest BCUT2D eigenvalue weighted by Crippen LogP contribution is -2.43. The van der Waals surface area contributed by atoms with Gasteiger partial charge in [0.15, 0.2) is 12.3 Å². The van der Waals surface area contributed by atoms with Gasteiger partial charge in [0, 0.05) is 39.9 Å². The molecule has 5 atom stereocenters. The van der Waals surface area contributed by atoms with Gasteiger partial charge in [-0.25, -0.2) is 14.5 Å². The molecule has 1 fully saturated rings. The summed E-state index contributed by atoms with van der Waals surface area (Å²) in [6, 6.07) is 1.43. The molecular weight excluding hydrogens is 459 g/mol. The van der Waals surface area contributed by atoms with Gasteiger partial charge in [-0.05, 0) is 46.8 Å². The minimum absolute atomic E-state index is 0.0147. The van der Waals surface area contributed by atoms with Crippen LogP contribution in [0.2, 0.25) is 0 Å². The van der Waals surface area contributed by atoms with Gasteiger partial charge in [-0.15, -0.1) is 0 Å². The third-order valence-electron chi connectivity index (χ3n) is 4.79. The van der Waals surface area contributed by atoms with Gasteiger partial charge in [0.05, 0.1) is 13.2 Å². The fraction of sp³-hybridized carbons (Fsp3) is 0.737. The molecule has 0 bridgehead atoms. The lowest BCUT2D eigenvalue weighted by atomic mass is 10.1. The first-order valence-corrected chi connectivity index (χ1v) is 11.6. The molecule has 13 heteroatoms. The fourth-order valence-corrected chi connectivity index (χ4v) is 5.13. The number of hydroxylamine groups is 2. The SMILES string of the molecule is [2H]C[C@H]1O[C@@H](n2ccc(=O)[nH]c2=O)[C@@H](OC(=S)N(C)OC)C1OP(OC)N(C(C)C)C(C)C. The molecular formula is C19H33N4O7PS. The maximum atomic E-state index is 12.5. The molecule has 11 nitrogen and oxygen atoms in total. The summed E-state index contributed by atoms with van der Waals surface area (Å²) in [7, 11) is 2.99. The molecule has 2 unspecified atom stereocenters. The van der Waals surface area contributed by atoms with Crippen molar-refractivity contribution < 1.29 is 24.7 Å². The monoisotopic (exact) mass is 493 g/mol. The van der Waals surface area contributed by atoms with E-state index in [0.717, 1.165) is 0 Å². The van der Waals surface area contributed by atoms with Crippen molar-refractivity contribution in [3.8, 4) is 0 Å². The van der Waals surface area contributed by atoms with Crippen LogP contribution in [0.5, 0.6) is 0 Å². The quantitative estimate of drug-likeness (QED) is 0.312. The third-order valence-corrected chi connectivity index (χ3v) is 7.18. The second kappa shape index (κ2) is 11.6. The minimum atomic E-state index is -1.56. The van der Waals surface area contributed by atoms with Gasteiger partial charge in [0.2, 0.25) is 0 Å². The van der Waals surface area contributed by atoms with Crippen LogP contribution in [0.15, 0.2) is 21.9 Å². The van der Waals surface area contributed by atoms with E-state index in [-0.39, 0.29) is 24.2 Å². The highest BCUT2D eigenvalue weighted by molar-refractivity contribution is 7.79. The number of hydrogen-bond donors (Lipinski definition) is 1. The van der Waals surface area contributed by atoms with Crippen molar-refractivity contribution in [2.45, 2.75) is 71.2 Å². The Balaban J connectivity index is 2.48. The maximum Gasteiger partial charge on any atom is 0.330 e. The van der Waals surface area contributed by atoms with Crippen LogP contribution < -0.4 is 11.2 Å². The Morgan fingerprint density at radius 1 is 1.28 bits per heavy atom. The Bertz CT molecular complexity index is 893. The summed E-state index contributed by atoms with van der Waals surface area (Å²) in [5.41, 5.74) is -1.23. The van der Waals surface area contributed by atoms with Crippen LogP contribution in [0.1, 0.15) is 42.2 Å². The highest BCUT2D eigenvalue weighted by Gasteiger charge is 2.49. The molecule has 0 saturated carbocycles. The number of aromatic nitrogens is 2. The highest BCUT2D eigenvalue weighted by Crippen LogP contribution is 2.49. The number of hydrogen-bond acceptors (Lipinski definition) is 9. The van der Waals surface area contributed by atoms with E-state index in [9.17, 15) is 9.59 Å². The van der Waals surface area contributed by atoms with Crippen LogP contribution in [-0.2, 0) is 23.4 Å². The number of thiocarbonyl (C=S) groups is 1. The van der Waals surface area contributed by atoms with E-state index in [2.05, 4.69) is 9.65 Å². The third kappa shape index (κ3) is 6.13.